The van der Waals surface area contributed by atoms with Crippen molar-refractivity contribution in [2.45, 2.75) is 39.5 Å². The van der Waals surface area contributed by atoms with Crippen LogP contribution in [0.2, 0.25) is 0 Å². The van der Waals surface area contributed by atoms with Crippen molar-refractivity contribution in [3.05, 3.63) is 29.3 Å². The number of thioether (sulfide) groups is 1. The predicted molar refractivity (Wildman–Crippen MR) is 88.5 cm³/mol. The number of nitrogens with one attached hydrogen (secondary N) is 1. The standard InChI is InChI=1S/C17H27NOS/c1-11(2)16(12(3)4)10-18-17(19)15-9-14(20-6)8-7-13(15)5/h7-9,11-12,16H,10H2,1-6H3,(H,18,19). The van der Waals surface area contributed by atoms with Gasteiger partial charge in [-0.2, -0.15) is 0 Å². The van der Waals surface area contributed by atoms with Gasteiger partial charge in [0, 0.05) is 17.0 Å². The summed E-state index contributed by atoms with van der Waals surface area (Å²) in [7, 11) is 0. The van der Waals surface area contributed by atoms with Gasteiger partial charge < -0.3 is 5.32 Å². The maximum absolute atomic E-state index is 12.4. The summed E-state index contributed by atoms with van der Waals surface area (Å²) in [4.78, 5) is 13.5. The van der Waals surface area contributed by atoms with E-state index in [-0.39, 0.29) is 5.91 Å². The summed E-state index contributed by atoms with van der Waals surface area (Å²) in [5, 5.41) is 3.11. The minimum Gasteiger partial charge on any atom is -0.352 e. The molecule has 1 amide bonds. The van der Waals surface area contributed by atoms with Gasteiger partial charge in [0.05, 0.1) is 0 Å². The molecule has 20 heavy (non-hydrogen) atoms. The first-order valence-electron chi connectivity index (χ1n) is 7.29. The number of amides is 1. The average molecular weight is 293 g/mol. The number of rotatable bonds is 6. The van der Waals surface area contributed by atoms with E-state index in [1.807, 2.05) is 25.3 Å². The summed E-state index contributed by atoms with van der Waals surface area (Å²) in [6, 6.07) is 6.06. The lowest BCUT2D eigenvalue weighted by Crippen LogP contribution is -2.34. The molecule has 0 bridgehead atoms. The number of aryl methyl sites for hydroxylation is 1. The zero-order valence-electron chi connectivity index (χ0n) is 13.5. The van der Waals surface area contributed by atoms with E-state index >= 15 is 0 Å². The highest BCUT2D eigenvalue weighted by atomic mass is 32.2. The van der Waals surface area contributed by atoms with E-state index in [0.717, 1.165) is 22.6 Å². The van der Waals surface area contributed by atoms with Crippen molar-refractivity contribution in [3.63, 3.8) is 0 Å². The molecule has 1 aromatic rings. The Morgan fingerprint density at radius 1 is 1.20 bits per heavy atom. The molecule has 1 N–H and O–H groups in total. The van der Waals surface area contributed by atoms with E-state index in [1.165, 1.54) is 0 Å². The lowest BCUT2D eigenvalue weighted by atomic mass is 9.85. The van der Waals surface area contributed by atoms with Crippen molar-refractivity contribution in [3.8, 4) is 0 Å². The largest absolute Gasteiger partial charge is 0.352 e. The van der Waals surface area contributed by atoms with Crippen LogP contribution >= 0.6 is 11.8 Å². The number of carbonyl (C=O) groups excluding carboxylic acids is 1. The van der Waals surface area contributed by atoms with Crippen molar-refractivity contribution in [2.75, 3.05) is 12.8 Å². The summed E-state index contributed by atoms with van der Waals surface area (Å²) in [5.74, 6) is 1.72. The molecule has 0 aliphatic carbocycles. The third-order valence-electron chi connectivity index (χ3n) is 3.90. The third kappa shape index (κ3) is 4.55. The molecule has 0 heterocycles. The maximum atomic E-state index is 12.4. The Bertz CT molecular complexity index is 446. The molecule has 0 radical (unpaired) electrons. The number of hydrogen-bond acceptors (Lipinski definition) is 2. The van der Waals surface area contributed by atoms with Crippen LogP contribution in [0.4, 0.5) is 0 Å². The minimum atomic E-state index is 0.0460. The van der Waals surface area contributed by atoms with Crippen LogP contribution in [0.1, 0.15) is 43.6 Å². The predicted octanol–water partition coefficient (Wildman–Crippen LogP) is 4.37. The van der Waals surface area contributed by atoms with E-state index in [9.17, 15) is 4.79 Å². The summed E-state index contributed by atoms with van der Waals surface area (Å²) in [6.45, 7) is 11.6. The van der Waals surface area contributed by atoms with Crippen molar-refractivity contribution >= 4 is 17.7 Å². The summed E-state index contributed by atoms with van der Waals surface area (Å²) >= 11 is 1.66. The lowest BCUT2D eigenvalue weighted by Gasteiger charge is -2.25. The van der Waals surface area contributed by atoms with Gasteiger partial charge in [-0.1, -0.05) is 33.8 Å². The normalized spacial score (nSPS) is 11.4. The molecule has 1 rings (SSSR count). The molecule has 0 unspecified atom stereocenters. The second kappa shape index (κ2) is 7.72. The molecule has 0 aliphatic heterocycles. The highest BCUT2D eigenvalue weighted by molar-refractivity contribution is 7.98. The van der Waals surface area contributed by atoms with Crippen LogP contribution in [-0.4, -0.2) is 18.7 Å². The van der Waals surface area contributed by atoms with Crippen LogP contribution in [0.5, 0.6) is 0 Å². The first kappa shape index (κ1) is 17.1. The summed E-state index contributed by atoms with van der Waals surface area (Å²) in [5.41, 5.74) is 1.83. The number of benzene rings is 1. The SMILES string of the molecule is CSc1ccc(C)c(C(=O)NCC(C(C)C)C(C)C)c1. The van der Waals surface area contributed by atoms with Gasteiger partial charge in [0.2, 0.25) is 0 Å². The number of carbonyl (C=O) groups is 1. The Hall–Kier alpha value is -0.960. The first-order chi connectivity index (χ1) is 9.36. The summed E-state index contributed by atoms with van der Waals surface area (Å²) < 4.78 is 0. The first-order valence-corrected chi connectivity index (χ1v) is 8.52. The molecule has 2 nitrogen and oxygen atoms in total. The zero-order valence-corrected chi connectivity index (χ0v) is 14.3. The zero-order chi connectivity index (χ0) is 15.3. The topological polar surface area (TPSA) is 29.1 Å². The van der Waals surface area contributed by atoms with Gasteiger partial charge in [0.25, 0.3) is 5.91 Å². The molecule has 112 valence electrons. The Labute approximate surface area is 127 Å². The minimum absolute atomic E-state index is 0.0460. The third-order valence-corrected chi connectivity index (χ3v) is 4.63. The molecular formula is C17H27NOS. The molecule has 0 aromatic heterocycles. The molecular weight excluding hydrogens is 266 g/mol. The molecule has 0 atom stereocenters. The van der Waals surface area contributed by atoms with Crippen molar-refractivity contribution in [1.82, 2.24) is 5.32 Å². The van der Waals surface area contributed by atoms with Crippen LogP contribution in [0.15, 0.2) is 23.1 Å². The van der Waals surface area contributed by atoms with E-state index in [2.05, 4.69) is 39.1 Å². The fraction of sp³-hybridized carbons (Fsp3) is 0.588. The molecule has 0 aliphatic rings. The fourth-order valence-electron chi connectivity index (χ4n) is 2.52. The summed E-state index contributed by atoms with van der Waals surface area (Å²) in [6.07, 6.45) is 2.03. The second-order valence-electron chi connectivity index (χ2n) is 6.04. The van der Waals surface area contributed by atoms with Crippen molar-refractivity contribution in [1.29, 1.82) is 0 Å². The second-order valence-corrected chi connectivity index (χ2v) is 6.92. The molecule has 0 saturated heterocycles. The van der Waals surface area contributed by atoms with E-state index in [1.54, 1.807) is 11.8 Å². The van der Waals surface area contributed by atoms with Crippen LogP contribution in [0.25, 0.3) is 0 Å². The van der Waals surface area contributed by atoms with Gasteiger partial charge in [-0.05, 0) is 48.6 Å². The van der Waals surface area contributed by atoms with E-state index in [4.69, 9.17) is 0 Å². The smallest absolute Gasteiger partial charge is 0.251 e. The quantitative estimate of drug-likeness (QED) is 0.789. The van der Waals surface area contributed by atoms with Crippen LogP contribution < -0.4 is 5.32 Å². The molecule has 3 heteroatoms. The van der Waals surface area contributed by atoms with Crippen molar-refractivity contribution in [2.24, 2.45) is 17.8 Å². The Balaban J connectivity index is 2.76. The van der Waals surface area contributed by atoms with Gasteiger partial charge in [-0.15, -0.1) is 11.8 Å². The molecule has 0 fully saturated rings. The fourth-order valence-corrected chi connectivity index (χ4v) is 2.96. The van der Waals surface area contributed by atoms with E-state index in [0.29, 0.717) is 17.8 Å². The van der Waals surface area contributed by atoms with Crippen LogP contribution in [0, 0.1) is 24.7 Å². The highest BCUT2D eigenvalue weighted by Gasteiger charge is 2.19. The van der Waals surface area contributed by atoms with Gasteiger partial charge in [0.1, 0.15) is 0 Å². The number of hydrogen-bond donors (Lipinski definition) is 1. The molecule has 0 spiro atoms. The average Bonchev–Trinajstić information content (AvgIpc) is 2.38. The molecule has 1 aromatic carbocycles. The Morgan fingerprint density at radius 2 is 1.80 bits per heavy atom. The van der Waals surface area contributed by atoms with Crippen molar-refractivity contribution < 1.29 is 4.79 Å². The monoisotopic (exact) mass is 293 g/mol. The Kier molecular flexibility index (Phi) is 6.60. The molecule has 0 saturated carbocycles. The maximum Gasteiger partial charge on any atom is 0.251 e. The highest BCUT2D eigenvalue weighted by Crippen LogP contribution is 2.21. The van der Waals surface area contributed by atoms with Gasteiger partial charge in [-0.25, -0.2) is 0 Å². The van der Waals surface area contributed by atoms with Gasteiger partial charge in [0.15, 0.2) is 0 Å². The van der Waals surface area contributed by atoms with Crippen LogP contribution in [0.3, 0.4) is 0 Å². The van der Waals surface area contributed by atoms with E-state index < -0.39 is 0 Å². The van der Waals surface area contributed by atoms with Gasteiger partial charge >= 0.3 is 0 Å². The lowest BCUT2D eigenvalue weighted by molar-refractivity contribution is 0.0936. The van der Waals surface area contributed by atoms with Gasteiger partial charge in [-0.3, -0.25) is 4.79 Å². The van der Waals surface area contributed by atoms with Crippen LogP contribution in [-0.2, 0) is 0 Å². The Morgan fingerprint density at radius 3 is 2.30 bits per heavy atom.